The predicted molar refractivity (Wildman–Crippen MR) is 196 cm³/mol. The van der Waals surface area contributed by atoms with Crippen molar-refractivity contribution in [1.82, 2.24) is 0 Å². The molecule has 0 bridgehead atoms. The number of carbonyl (C=O) groups excluding carboxylic acids is 3. The van der Waals surface area contributed by atoms with Crippen LogP contribution in [-0.4, -0.2) is 37.2 Å². The van der Waals surface area contributed by atoms with Crippen LogP contribution in [0.1, 0.15) is 214 Å². The van der Waals surface area contributed by atoms with Gasteiger partial charge in [0.25, 0.3) is 0 Å². The van der Waals surface area contributed by atoms with Crippen molar-refractivity contribution in [2.45, 2.75) is 221 Å². The van der Waals surface area contributed by atoms with Crippen molar-refractivity contribution >= 4 is 17.9 Å². The highest BCUT2D eigenvalue weighted by Gasteiger charge is 2.19. The Balaban J connectivity index is 4.34. The van der Waals surface area contributed by atoms with Gasteiger partial charge < -0.3 is 14.2 Å². The number of ether oxygens (including phenoxy) is 3. The molecule has 278 valence electrons. The first-order valence-electron chi connectivity index (χ1n) is 20.3. The zero-order chi connectivity index (χ0) is 34.8. The maximum Gasteiger partial charge on any atom is 0.306 e. The van der Waals surface area contributed by atoms with Gasteiger partial charge in [0, 0.05) is 19.3 Å². The summed E-state index contributed by atoms with van der Waals surface area (Å²) in [6, 6.07) is 0. The van der Waals surface area contributed by atoms with Crippen molar-refractivity contribution in [3.63, 3.8) is 0 Å². The summed E-state index contributed by atoms with van der Waals surface area (Å²) in [7, 11) is 0. The van der Waals surface area contributed by atoms with Crippen molar-refractivity contribution in [3.05, 3.63) is 0 Å². The summed E-state index contributed by atoms with van der Waals surface area (Å²) in [5.41, 5.74) is 0. The molecule has 0 N–H and O–H groups in total. The molecule has 6 heteroatoms. The quantitative estimate of drug-likeness (QED) is 0.0380. The van der Waals surface area contributed by atoms with Gasteiger partial charge in [-0.1, -0.05) is 176 Å². The van der Waals surface area contributed by atoms with Crippen molar-refractivity contribution < 1.29 is 28.6 Å². The van der Waals surface area contributed by atoms with Gasteiger partial charge in [0.05, 0.1) is 0 Å². The maximum atomic E-state index is 12.6. The van der Waals surface area contributed by atoms with Crippen molar-refractivity contribution in [3.8, 4) is 0 Å². The van der Waals surface area contributed by atoms with Gasteiger partial charge in [-0.25, -0.2) is 0 Å². The first kappa shape index (κ1) is 45.4. The van der Waals surface area contributed by atoms with Gasteiger partial charge in [-0.2, -0.15) is 0 Å². The molecule has 0 amide bonds. The van der Waals surface area contributed by atoms with E-state index in [2.05, 4.69) is 34.6 Å². The molecule has 0 aliphatic rings. The smallest absolute Gasteiger partial charge is 0.306 e. The maximum absolute atomic E-state index is 12.6. The first-order chi connectivity index (χ1) is 22.8. The van der Waals surface area contributed by atoms with Crippen molar-refractivity contribution in [2.24, 2.45) is 11.8 Å². The zero-order valence-corrected chi connectivity index (χ0v) is 31.9. The van der Waals surface area contributed by atoms with E-state index >= 15 is 0 Å². The van der Waals surface area contributed by atoms with Gasteiger partial charge in [-0.3, -0.25) is 14.4 Å². The minimum atomic E-state index is -0.759. The third-order valence-electron chi connectivity index (χ3n) is 9.33. The van der Waals surface area contributed by atoms with Gasteiger partial charge in [-0.05, 0) is 31.1 Å². The number of hydrogen-bond acceptors (Lipinski definition) is 6. The number of hydrogen-bond donors (Lipinski definition) is 0. The van der Waals surface area contributed by atoms with Crippen LogP contribution in [0.5, 0.6) is 0 Å². The van der Waals surface area contributed by atoms with Crippen LogP contribution in [0.25, 0.3) is 0 Å². The van der Waals surface area contributed by atoms with Crippen LogP contribution in [0.3, 0.4) is 0 Å². The summed E-state index contributed by atoms with van der Waals surface area (Å²) >= 11 is 0. The number of unbranched alkanes of at least 4 members (excludes halogenated alkanes) is 19. The lowest BCUT2D eigenvalue weighted by molar-refractivity contribution is -0.167. The molecule has 1 unspecified atom stereocenters. The fourth-order valence-corrected chi connectivity index (χ4v) is 5.84. The van der Waals surface area contributed by atoms with Gasteiger partial charge >= 0.3 is 17.9 Å². The standard InChI is InChI=1S/C41H78O6/c1-6-8-9-10-14-21-26-31-39(42)45-34-38(35-46-40(43)32-27-22-18-13-15-19-24-29-36(3)4)47-41(44)33-28-23-17-12-11-16-20-25-30-37(5)7-2/h36-38H,6-35H2,1-5H3/t37?,38-/m0/s1. The summed E-state index contributed by atoms with van der Waals surface area (Å²) in [6.07, 6.45) is 29.6. The van der Waals surface area contributed by atoms with Crippen LogP contribution in [0.4, 0.5) is 0 Å². The molecule has 0 aromatic rings. The lowest BCUT2D eigenvalue weighted by atomic mass is 9.99. The zero-order valence-electron chi connectivity index (χ0n) is 31.9. The minimum absolute atomic E-state index is 0.0673. The molecule has 0 fully saturated rings. The monoisotopic (exact) mass is 667 g/mol. The van der Waals surface area contributed by atoms with Gasteiger partial charge in [0.1, 0.15) is 13.2 Å². The van der Waals surface area contributed by atoms with Gasteiger partial charge in [-0.15, -0.1) is 0 Å². The number of carbonyl (C=O) groups is 3. The summed E-state index contributed by atoms with van der Waals surface area (Å²) in [6.45, 7) is 11.2. The lowest BCUT2D eigenvalue weighted by Crippen LogP contribution is -2.30. The Hall–Kier alpha value is -1.59. The normalized spacial score (nSPS) is 12.6. The van der Waals surface area contributed by atoms with Gasteiger partial charge in [0.15, 0.2) is 6.10 Å². The molecule has 0 aromatic carbocycles. The Morgan fingerprint density at radius 2 is 0.809 bits per heavy atom. The predicted octanol–water partition coefficient (Wildman–Crippen LogP) is 12.2. The van der Waals surface area contributed by atoms with E-state index < -0.39 is 6.10 Å². The molecule has 0 aliphatic carbocycles. The highest BCUT2D eigenvalue weighted by molar-refractivity contribution is 5.71. The van der Waals surface area contributed by atoms with Crippen LogP contribution in [-0.2, 0) is 28.6 Å². The Labute approximate surface area is 291 Å². The molecule has 0 aliphatic heterocycles. The molecule has 0 spiro atoms. The molecule has 0 saturated carbocycles. The van der Waals surface area contributed by atoms with Crippen LogP contribution < -0.4 is 0 Å². The number of esters is 3. The molecule has 0 heterocycles. The van der Waals surface area contributed by atoms with Crippen LogP contribution in [0, 0.1) is 11.8 Å². The van der Waals surface area contributed by atoms with E-state index in [0.717, 1.165) is 69.6 Å². The lowest BCUT2D eigenvalue weighted by Gasteiger charge is -2.18. The molecular formula is C41H78O6. The van der Waals surface area contributed by atoms with E-state index in [1.165, 1.54) is 103 Å². The fourth-order valence-electron chi connectivity index (χ4n) is 5.84. The van der Waals surface area contributed by atoms with Crippen molar-refractivity contribution in [1.29, 1.82) is 0 Å². The molecule has 0 rings (SSSR count). The Morgan fingerprint density at radius 1 is 0.447 bits per heavy atom. The molecule has 47 heavy (non-hydrogen) atoms. The molecular weight excluding hydrogens is 588 g/mol. The Bertz CT molecular complexity index is 721. The molecule has 2 atom stereocenters. The minimum Gasteiger partial charge on any atom is -0.462 e. The number of rotatable bonds is 35. The molecule has 0 saturated heterocycles. The van der Waals surface area contributed by atoms with E-state index in [1.807, 2.05) is 0 Å². The van der Waals surface area contributed by atoms with Crippen LogP contribution in [0.2, 0.25) is 0 Å². The van der Waals surface area contributed by atoms with E-state index in [0.29, 0.717) is 19.3 Å². The third kappa shape index (κ3) is 34.1. The largest absolute Gasteiger partial charge is 0.462 e. The first-order valence-corrected chi connectivity index (χ1v) is 20.3. The van der Waals surface area contributed by atoms with E-state index in [1.54, 1.807) is 0 Å². The molecule has 0 aromatic heterocycles. The van der Waals surface area contributed by atoms with E-state index in [-0.39, 0.29) is 31.1 Å². The van der Waals surface area contributed by atoms with E-state index in [4.69, 9.17) is 14.2 Å². The molecule has 0 radical (unpaired) electrons. The summed E-state index contributed by atoms with van der Waals surface area (Å²) < 4.78 is 16.6. The molecule has 6 nitrogen and oxygen atoms in total. The fraction of sp³-hybridized carbons (Fsp3) is 0.927. The second-order valence-corrected chi connectivity index (χ2v) is 14.6. The third-order valence-corrected chi connectivity index (χ3v) is 9.33. The second-order valence-electron chi connectivity index (χ2n) is 14.6. The highest BCUT2D eigenvalue weighted by atomic mass is 16.6. The summed E-state index contributed by atoms with van der Waals surface area (Å²) in [5.74, 6) is 0.752. The van der Waals surface area contributed by atoms with Crippen LogP contribution >= 0.6 is 0 Å². The summed E-state index contributed by atoms with van der Waals surface area (Å²) in [4.78, 5) is 37.4. The topological polar surface area (TPSA) is 78.9 Å². The summed E-state index contributed by atoms with van der Waals surface area (Å²) in [5, 5.41) is 0. The average Bonchev–Trinajstić information content (AvgIpc) is 3.05. The Morgan fingerprint density at radius 3 is 1.21 bits per heavy atom. The SMILES string of the molecule is CCCCCCCCCC(=O)OC[C@@H](COC(=O)CCCCCCCCCC(C)C)OC(=O)CCCCCCCCCCC(C)CC. The van der Waals surface area contributed by atoms with E-state index in [9.17, 15) is 14.4 Å². The van der Waals surface area contributed by atoms with Gasteiger partial charge in [0.2, 0.25) is 0 Å². The second kappa shape index (κ2) is 34.3. The van der Waals surface area contributed by atoms with Crippen molar-refractivity contribution in [2.75, 3.05) is 13.2 Å². The Kier molecular flexibility index (Phi) is 33.1. The average molecular weight is 667 g/mol. The highest BCUT2D eigenvalue weighted by Crippen LogP contribution is 2.16. The van der Waals surface area contributed by atoms with Crippen LogP contribution in [0.15, 0.2) is 0 Å².